The summed E-state index contributed by atoms with van der Waals surface area (Å²) in [5, 5.41) is 6.87. The zero-order valence-electron chi connectivity index (χ0n) is 10.6. The molecule has 0 fully saturated rings. The van der Waals surface area contributed by atoms with Crippen molar-refractivity contribution >= 4 is 21.7 Å². The van der Waals surface area contributed by atoms with Crippen molar-refractivity contribution in [3.8, 4) is 17.0 Å². The summed E-state index contributed by atoms with van der Waals surface area (Å²) < 4.78 is 6.29. The van der Waals surface area contributed by atoms with Crippen LogP contribution in [0.4, 0.5) is 5.82 Å². The smallest absolute Gasteiger partial charge is 0.145 e. The van der Waals surface area contributed by atoms with Crippen molar-refractivity contribution in [3.05, 3.63) is 28.2 Å². The van der Waals surface area contributed by atoms with E-state index in [2.05, 4.69) is 46.0 Å². The van der Waals surface area contributed by atoms with E-state index in [9.17, 15) is 0 Å². The summed E-state index contributed by atoms with van der Waals surface area (Å²) >= 11 is 3.56. The maximum Gasteiger partial charge on any atom is 0.145 e. The summed E-state index contributed by atoms with van der Waals surface area (Å²) in [6, 6.07) is 5.96. The Morgan fingerprint density at radius 2 is 2.06 bits per heavy atom. The van der Waals surface area contributed by atoms with E-state index in [1.807, 2.05) is 12.1 Å². The number of anilines is 1. The third-order valence-electron chi connectivity index (χ3n) is 2.84. The van der Waals surface area contributed by atoms with Crippen molar-refractivity contribution in [2.45, 2.75) is 19.8 Å². The van der Waals surface area contributed by atoms with Gasteiger partial charge in [-0.05, 0) is 39.5 Å². The highest BCUT2D eigenvalue weighted by molar-refractivity contribution is 9.10. The molecule has 0 unspecified atom stereocenters. The predicted octanol–water partition coefficient (Wildman–Crippen LogP) is 3.55. The van der Waals surface area contributed by atoms with Crippen molar-refractivity contribution in [1.29, 1.82) is 0 Å². The summed E-state index contributed by atoms with van der Waals surface area (Å²) in [7, 11) is 1.66. The SMILES string of the molecule is COc1cc(C(C)C)cc(-c2cc(N)n[nH]2)c1Br. The summed E-state index contributed by atoms with van der Waals surface area (Å²) in [6.07, 6.45) is 0. The first-order valence-electron chi connectivity index (χ1n) is 5.71. The molecule has 18 heavy (non-hydrogen) atoms. The van der Waals surface area contributed by atoms with Gasteiger partial charge in [-0.3, -0.25) is 5.10 Å². The van der Waals surface area contributed by atoms with E-state index in [-0.39, 0.29) is 0 Å². The van der Waals surface area contributed by atoms with Gasteiger partial charge >= 0.3 is 0 Å². The molecule has 0 amide bonds. The van der Waals surface area contributed by atoms with Gasteiger partial charge in [-0.1, -0.05) is 13.8 Å². The molecule has 0 saturated carbocycles. The van der Waals surface area contributed by atoms with Gasteiger partial charge in [0, 0.05) is 11.6 Å². The van der Waals surface area contributed by atoms with Gasteiger partial charge in [0.2, 0.25) is 0 Å². The van der Waals surface area contributed by atoms with Gasteiger partial charge in [-0.2, -0.15) is 5.10 Å². The number of ether oxygens (including phenoxy) is 1. The Balaban J connectivity index is 2.61. The van der Waals surface area contributed by atoms with Crippen LogP contribution in [0, 0.1) is 0 Å². The van der Waals surface area contributed by atoms with E-state index in [1.165, 1.54) is 5.56 Å². The van der Waals surface area contributed by atoms with Crippen LogP contribution in [0.1, 0.15) is 25.3 Å². The largest absolute Gasteiger partial charge is 0.496 e. The molecule has 5 heteroatoms. The molecule has 0 aliphatic rings. The molecule has 4 nitrogen and oxygen atoms in total. The number of hydrogen-bond donors (Lipinski definition) is 2. The third kappa shape index (κ3) is 2.36. The highest BCUT2D eigenvalue weighted by Crippen LogP contribution is 2.38. The van der Waals surface area contributed by atoms with Gasteiger partial charge in [0.1, 0.15) is 11.6 Å². The van der Waals surface area contributed by atoms with Crippen LogP contribution in [0.2, 0.25) is 0 Å². The zero-order valence-corrected chi connectivity index (χ0v) is 12.2. The Bertz CT molecular complexity index is 563. The van der Waals surface area contributed by atoms with Crippen LogP contribution in [0.25, 0.3) is 11.3 Å². The second-order valence-corrected chi connectivity index (χ2v) is 5.24. The van der Waals surface area contributed by atoms with E-state index in [4.69, 9.17) is 10.5 Å². The Morgan fingerprint density at radius 1 is 1.33 bits per heavy atom. The van der Waals surface area contributed by atoms with E-state index < -0.39 is 0 Å². The minimum atomic E-state index is 0.422. The molecule has 0 aliphatic carbocycles. The van der Waals surface area contributed by atoms with Gasteiger partial charge in [0.15, 0.2) is 0 Å². The summed E-state index contributed by atoms with van der Waals surface area (Å²) in [5.74, 6) is 1.71. The summed E-state index contributed by atoms with van der Waals surface area (Å²) in [4.78, 5) is 0. The number of nitrogen functional groups attached to an aromatic ring is 1. The maximum absolute atomic E-state index is 5.65. The van der Waals surface area contributed by atoms with E-state index in [1.54, 1.807) is 7.11 Å². The minimum Gasteiger partial charge on any atom is -0.496 e. The second kappa shape index (κ2) is 5.02. The Morgan fingerprint density at radius 3 is 2.56 bits per heavy atom. The Hall–Kier alpha value is -1.49. The molecule has 0 spiro atoms. The molecule has 96 valence electrons. The van der Waals surface area contributed by atoms with Crippen molar-refractivity contribution < 1.29 is 4.74 Å². The van der Waals surface area contributed by atoms with Crippen molar-refractivity contribution in [1.82, 2.24) is 10.2 Å². The van der Waals surface area contributed by atoms with Gasteiger partial charge < -0.3 is 10.5 Å². The fraction of sp³-hybridized carbons (Fsp3) is 0.308. The Kier molecular flexibility index (Phi) is 3.61. The van der Waals surface area contributed by atoms with E-state index >= 15 is 0 Å². The van der Waals surface area contributed by atoms with Gasteiger partial charge in [-0.25, -0.2) is 0 Å². The van der Waals surface area contributed by atoms with Gasteiger partial charge in [0.05, 0.1) is 17.3 Å². The highest BCUT2D eigenvalue weighted by atomic mass is 79.9. The number of hydrogen-bond acceptors (Lipinski definition) is 3. The molecule has 0 bridgehead atoms. The van der Waals surface area contributed by atoms with Crippen LogP contribution in [0.15, 0.2) is 22.7 Å². The molecule has 0 radical (unpaired) electrons. The monoisotopic (exact) mass is 309 g/mol. The lowest BCUT2D eigenvalue weighted by atomic mass is 9.99. The van der Waals surface area contributed by atoms with Crippen LogP contribution in [-0.4, -0.2) is 17.3 Å². The highest BCUT2D eigenvalue weighted by Gasteiger charge is 2.14. The van der Waals surface area contributed by atoms with Crippen LogP contribution in [-0.2, 0) is 0 Å². The normalized spacial score (nSPS) is 10.9. The molecule has 0 atom stereocenters. The lowest BCUT2D eigenvalue weighted by Crippen LogP contribution is -1.94. The number of benzene rings is 1. The van der Waals surface area contributed by atoms with Crippen LogP contribution in [0.3, 0.4) is 0 Å². The maximum atomic E-state index is 5.65. The number of H-pyrrole nitrogens is 1. The van der Waals surface area contributed by atoms with Gasteiger partial charge in [-0.15, -0.1) is 0 Å². The number of rotatable bonds is 3. The van der Waals surface area contributed by atoms with Crippen molar-refractivity contribution in [2.75, 3.05) is 12.8 Å². The van der Waals surface area contributed by atoms with Crippen molar-refractivity contribution in [2.24, 2.45) is 0 Å². The molecule has 2 aromatic rings. The van der Waals surface area contributed by atoms with Crippen molar-refractivity contribution in [3.63, 3.8) is 0 Å². The number of halogens is 1. The number of nitrogens with zero attached hydrogens (tertiary/aromatic N) is 1. The zero-order chi connectivity index (χ0) is 13.3. The average Bonchev–Trinajstić information content (AvgIpc) is 2.75. The fourth-order valence-corrected chi connectivity index (χ4v) is 2.38. The third-order valence-corrected chi connectivity index (χ3v) is 3.65. The molecule has 0 saturated heterocycles. The Labute approximate surface area is 115 Å². The number of methoxy groups -OCH3 is 1. The molecule has 3 N–H and O–H groups in total. The summed E-state index contributed by atoms with van der Waals surface area (Å²) in [6.45, 7) is 4.29. The number of aromatic amines is 1. The van der Waals surface area contributed by atoms with Crippen LogP contribution >= 0.6 is 15.9 Å². The predicted molar refractivity (Wildman–Crippen MR) is 76.8 cm³/mol. The lowest BCUT2D eigenvalue weighted by Gasteiger charge is -2.13. The lowest BCUT2D eigenvalue weighted by molar-refractivity contribution is 0.411. The second-order valence-electron chi connectivity index (χ2n) is 4.45. The molecule has 1 aromatic heterocycles. The van der Waals surface area contributed by atoms with Crippen LogP contribution in [0.5, 0.6) is 5.75 Å². The fourth-order valence-electron chi connectivity index (χ4n) is 1.77. The number of aromatic nitrogens is 2. The van der Waals surface area contributed by atoms with E-state index in [0.29, 0.717) is 11.7 Å². The number of nitrogens with one attached hydrogen (secondary N) is 1. The quantitative estimate of drug-likeness (QED) is 0.911. The molecular weight excluding hydrogens is 294 g/mol. The average molecular weight is 310 g/mol. The first-order chi connectivity index (χ1) is 8.52. The molecule has 1 heterocycles. The number of nitrogens with two attached hydrogens (primary N) is 1. The molecular formula is C13H16BrN3O. The first-order valence-corrected chi connectivity index (χ1v) is 6.51. The molecule has 2 rings (SSSR count). The topological polar surface area (TPSA) is 63.9 Å². The first kappa shape index (κ1) is 13.0. The van der Waals surface area contributed by atoms with Crippen LogP contribution < -0.4 is 10.5 Å². The minimum absolute atomic E-state index is 0.422. The van der Waals surface area contributed by atoms with E-state index in [0.717, 1.165) is 21.5 Å². The van der Waals surface area contributed by atoms with Gasteiger partial charge in [0.25, 0.3) is 0 Å². The molecule has 1 aromatic carbocycles. The summed E-state index contributed by atoms with van der Waals surface area (Å²) in [5.41, 5.74) is 8.73. The molecule has 0 aliphatic heterocycles. The standard InChI is InChI=1S/C13H16BrN3O/c1-7(2)8-4-9(10-6-12(15)17-16-10)13(14)11(5-8)18-3/h4-7H,1-3H3,(H3,15,16,17).